The summed E-state index contributed by atoms with van der Waals surface area (Å²) in [6.07, 6.45) is 3.24. The molecule has 0 aliphatic heterocycles. The number of nitrogens with zero attached hydrogens (tertiary/aromatic N) is 1. The molecule has 2 aromatic rings. The summed E-state index contributed by atoms with van der Waals surface area (Å²) in [6.45, 7) is 0.368. The molecule has 0 atom stereocenters. The highest BCUT2D eigenvalue weighted by atomic mass is 79.9. The van der Waals surface area contributed by atoms with Crippen LogP contribution < -0.4 is 5.73 Å². The standard InChI is InChI=1S/C12H9BrClFN2/c13-10-2-1-9(12(15)11(10)14)8-3-7(4-16)5-17-6-8/h1-3,5-6H,4,16H2. The van der Waals surface area contributed by atoms with Crippen LogP contribution in [-0.2, 0) is 6.54 Å². The zero-order valence-corrected chi connectivity index (χ0v) is 11.1. The Morgan fingerprint density at radius 1 is 1.35 bits per heavy atom. The summed E-state index contributed by atoms with van der Waals surface area (Å²) >= 11 is 9.01. The zero-order valence-electron chi connectivity index (χ0n) is 8.75. The van der Waals surface area contributed by atoms with Gasteiger partial charge in [-0.3, -0.25) is 4.98 Å². The first-order chi connectivity index (χ1) is 8.13. The number of hydrogen-bond donors (Lipinski definition) is 1. The molecule has 2 nitrogen and oxygen atoms in total. The molecule has 1 heterocycles. The maximum absolute atomic E-state index is 14.0. The van der Waals surface area contributed by atoms with E-state index in [2.05, 4.69) is 20.9 Å². The predicted octanol–water partition coefficient (Wildman–Crippen LogP) is 3.76. The monoisotopic (exact) mass is 314 g/mol. The molecule has 1 aromatic heterocycles. The Hall–Kier alpha value is -0.970. The Morgan fingerprint density at radius 3 is 2.82 bits per heavy atom. The number of halogens is 3. The molecule has 0 unspecified atom stereocenters. The fourth-order valence-corrected chi connectivity index (χ4v) is 1.97. The molecule has 0 saturated heterocycles. The molecule has 1 aromatic carbocycles. The molecule has 0 bridgehead atoms. The minimum Gasteiger partial charge on any atom is -0.326 e. The third-order valence-electron chi connectivity index (χ3n) is 2.38. The van der Waals surface area contributed by atoms with E-state index >= 15 is 0 Å². The molecule has 5 heteroatoms. The van der Waals surface area contributed by atoms with Gasteiger partial charge in [0.05, 0.1) is 5.02 Å². The molecule has 2 rings (SSSR count). The lowest BCUT2D eigenvalue weighted by Gasteiger charge is -2.07. The average Bonchev–Trinajstić information content (AvgIpc) is 2.36. The number of rotatable bonds is 2. The first-order valence-corrected chi connectivity index (χ1v) is 6.08. The molecule has 0 aliphatic rings. The Bertz CT molecular complexity index is 560. The lowest BCUT2D eigenvalue weighted by Crippen LogP contribution is -1.97. The van der Waals surface area contributed by atoms with E-state index in [1.54, 1.807) is 30.6 Å². The van der Waals surface area contributed by atoms with E-state index in [1.165, 1.54) is 0 Å². The second kappa shape index (κ2) is 5.12. The summed E-state index contributed by atoms with van der Waals surface area (Å²) in [6, 6.07) is 5.16. The molecule has 0 aliphatic carbocycles. The quantitative estimate of drug-likeness (QED) is 0.857. The van der Waals surface area contributed by atoms with E-state index in [9.17, 15) is 4.39 Å². The third-order valence-corrected chi connectivity index (χ3v) is 3.64. The SMILES string of the molecule is NCc1cncc(-c2ccc(Br)c(Cl)c2F)c1. The molecule has 17 heavy (non-hydrogen) atoms. The molecule has 2 N–H and O–H groups in total. The molecular weight excluding hydrogens is 307 g/mol. The Morgan fingerprint density at radius 2 is 2.12 bits per heavy atom. The van der Waals surface area contributed by atoms with Crippen LogP contribution in [0.4, 0.5) is 4.39 Å². The van der Waals surface area contributed by atoms with E-state index < -0.39 is 5.82 Å². The summed E-state index contributed by atoms with van der Waals surface area (Å²) in [5.74, 6) is -0.461. The van der Waals surface area contributed by atoms with Gasteiger partial charge in [0, 0.05) is 34.5 Å². The third kappa shape index (κ3) is 2.49. The maximum atomic E-state index is 14.0. The highest BCUT2D eigenvalue weighted by Crippen LogP contribution is 2.32. The van der Waals surface area contributed by atoms with Crippen molar-refractivity contribution >= 4 is 27.5 Å². The molecule has 0 saturated carbocycles. The van der Waals surface area contributed by atoms with Gasteiger partial charge in [0.25, 0.3) is 0 Å². The van der Waals surface area contributed by atoms with Crippen molar-refractivity contribution in [3.63, 3.8) is 0 Å². The van der Waals surface area contributed by atoms with E-state index in [0.717, 1.165) is 5.56 Å². The molecule has 0 amide bonds. The van der Waals surface area contributed by atoms with E-state index in [1.807, 2.05) is 0 Å². The second-order valence-corrected chi connectivity index (χ2v) is 4.74. The van der Waals surface area contributed by atoms with Crippen molar-refractivity contribution in [1.29, 1.82) is 0 Å². The zero-order chi connectivity index (χ0) is 12.4. The van der Waals surface area contributed by atoms with Gasteiger partial charge in [-0.05, 0) is 33.6 Å². The van der Waals surface area contributed by atoms with Gasteiger partial charge in [0.2, 0.25) is 0 Å². The van der Waals surface area contributed by atoms with Crippen LogP contribution in [0.25, 0.3) is 11.1 Å². The summed E-state index contributed by atoms with van der Waals surface area (Å²) in [4.78, 5) is 4.02. The van der Waals surface area contributed by atoms with Crippen LogP contribution in [0, 0.1) is 5.82 Å². The van der Waals surface area contributed by atoms with Crippen molar-refractivity contribution in [2.45, 2.75) is 6.54 Å². The number of benzene rings is 1. The summed E-state index contributed by atoms with van der Waals surface area (Å²) < 4.78 is 14.5. The van der Waals surface area contributed by atoms with Crippen LogP contribution in [0.2, 0.25) is 5.02 Å². The Kier molecular flexibility index (Phi) is 3.76. The van der Waals surface area contributed by atoms with Crippen LogP contribution in [0.3, 0.4) is 0 Å². The van der Waals surface area contributed by atoms with Gasteiger partial charge in [0.1, 0.15) is 0 Å². The molecule has 88 valence electrons. The van der Waals surface area contributed by atoms with Crippen LogP contribution >= 0.6 is 27.5 Å². The highest BCUT2D eigenvalue weighted by molar-refractivity contribution is 9.10. The molecular formula is C12H9BrClFN2. The van der Waals surface area contributed by atoms with Gasteiger partial charge < -0.3 is 5.73 Å². The molecule has 0 spiro atoms. The fourth-order valence-electron chi connectivity index (χ4n) is 1.50. The van der Waals surface area contributed by atoms with Crippen molar-refractivity contribution in [2.24, 2.45) is 5.73 Å². The second-order valence-electron chi connectivity index (χ2n) is 3.51. The first-order valence-electron chi connectivity index (χ1n) is 4.91. The minimum atomic E-state index is -0.461. The average molecular weight is 316 g/mol. The summed E-state index contributed by atoms with van der Waals surface area (Å²) in [5.41, 5.74) is 7.45. The van der Waals surface area contributed by atoms with Gasteiger partial charge in [-0.25, -0.2) is 4.39 Å². The maximum Gasteiger partial charge on any atom is 0.150 e. The number of nitrogens with two attached hydrogens (primary N) is 1. The lowest BCUT2D eigenvalue weighted by molar-refractivity contribution is 0.631. The normalized spacial score (nSPS) is 10.6. The van der Waals surface area contributed by atoms with Gasteiger partial charge in [-0.2, -0.15) is 0 Å². The molecule has 0 radical (unpaired) electrons. The molecule has 0 fully saturated rings. The summed E-state index contributed by atoms with van der Waals surface area (Å²) in [7, 11) is 0. The smallest absolute Gasteiger partial charge is 0.150 e. The summed E-state index contributed by atoms with van der Waals surface area (Å²) in [5, 5.41) is 0.0700. The van der Waals surface area contributed by atoms with Crippen LogP contribution in [0.5, 0.6) is 0 Å². The first kappa shape index (κ1) is 12.5. The van der Waals surface area contributed by atoms with E-state index in [0.29, 0.717) is 22.1 Å². The Labute approximate surface area is 112 Å². The predicted molar refractivity (Wildman–Crippen MR) is 70.2 cm³/mol. The number of pyridine rings is 1. The largest absolute Gasteiger partial charge is 0.326 e. The van der Waals surface area contributed by atoms with Gasteiger partial charge in [0.15, 0.2) is 5.82 Å². The fraction of sp³-hybridized carbons (Fsp3) is 0.0833. The van der Waals surface area contributed by atoms with E-state index in [4.69, 9.17) is 17.3 Å². The highest BCUT2D eigenvalue weighted by Gasteiger charge is 2.12. The van der Waals surface area contributed by atoms with E-state index in [-0.39, 0.29) is 5.02 Å². The lowest BCUT2D eigenvalue weighted by atomic mass is 10.1. The van der Waals surface area contributed by atoms with Crippen molar-refractivity contribution in [1.82, 2.24) is 4.98 Å². The van der Waals surface area contributed by atoms with Crippen molar-refractivity contribution in [3.8, 4) is 11.1 Å². The van der Waals surface area contributed by atoms with Gasteiger partial charge in [-0.1, -0.05) is 17.7 Å². The van der Waals surface area contributed by atoms with Crippen molar-refractivity contribution < 1.29 is 4.39 Å². The number of hydrogen-bond acceptors (Lipinski definition) is 2. The van der Waals surface area contributed by atoms with Gasteiger partial charge >= 0.3 is 0 Å². The number of aromatic nitrogens is 1. The van der Waals surface area contributed by atoms with Crippen LogP contribution in [-0.4, -0.2) is 4.98 Å². The van der Waals surface area contributed by atoms with Gasteiger partial charge in [-0.15, -0.1) is 0 Å². The van der Waals surface area contributed by atoms with Crippen LogP contribution in [0.1, 0.15) is 5.56 Å². The van der Waals surface area contributed by atoms with Crippen molar-refractivity contribution in [2.75, 3.05) is 0 Å². The van der Waals surface area contributed by atoms with Crippen molar-refractivity contribution in [3.05, 3.63) is 51.5 Å². The van der Waals surface area contributed by atoms with Crippen LogP contribution in [0.15, 0.2) is 35.1 Å². The topological polar surface area (TPSA) is 38.9 Å². The Balaban J connectivity index is 2.56. The minimum absolute atomic E-state index is 0.0700.